The number of aryl methyl sites for hydroxylation is 2. The number of amides is 3. The minimum absolute atomic E-state index is 0.0792. The number of nitrogens with zero attached hydrogens (tertiary/aromatic N) is 3. The van der Waals surface area contributed by atoms with E-state index in [0.29, 0.717) is 32.5 Å². The van der Waals surface area contributed by atoms with Gasteiger partial charge in [0.05, 0.1) is 16.6 Å². The van der Waals surface area contributed by atoms with Crippen LogP contribution in [0, 0.1) is 25.7 Å². The summed E-state index contributed by atoms with van der Waals surface area (Å²) in [7, 11) is 0. The second-order valence-electron chi connectivity index (χ2n) is 13.0. The third kappa shape index (κ3) is 5.87. The van der Waals surface area contributed by atoms with Crippen molar-refractivity contribution in [1.29, 1.82) is 0 Å². The Morgan fingerprint density at radius 3 is 2.36 bits per heavy atom. The molecule has 5 atom stereocenters. The number of anilines is 2. The maximum atomic E-state index is 15.0. The predicted molar refractivity (Wildman–Crippen MR) is 183 cm³/mol. The fraction of sp³-hybridized carbons (Fsp3) is 0.486. The molecule has 3 amide bonds. The molecule has 2 unspecified atom stereocenters. The van der Waals surface area contributed by atoms with Crippen molar-refractivity contribution in [2.45, 2.75) is 74.8 Å². The Hall–Kier alpha value is -3.36. The lowest BCUT2D eigenvalue weighted by Gasteiger charge is -2.38. The van der Waals surface area contributed by atoms with Gasteiger partial charge in [-0.2, -0.15) is 0 Å². The molecular weight excluding hydrogens is 582 g/mol. The molecule has 7 nitrogen and oxygen atoms in total. The van der Waals surface area contributed by atoms with Crippen LogP contribution in [0.3, 0.4) is 0 Å². The molecule has 3 heterocycles. The molecule has 0 radical (unpaired) electrons. The molecule has 3 saturated heterocycles. The number of hydrogen-bond acceptors (Lipinski definition) is 5. The lowest BCUT2D eigenvalue weighted by Crippen LogP contribution is -2.55. The third-order valence-corrected chi connectivity index (χ3v) is 11.9. The molecular formula is C37H47N3O4S. The zero-order valence-electron chi connectivity index (χ0n) is 26.9. The first-order valence-electron chi connectivity index (χ1n) is 16.2. The Labute approximate surface area is 272 Å². The van der Waals surface area contributed by atoms with Crippen molar-refractivity contribution in [3.05, 3.63) is 85.0 Å². The lowest BCUT2D eigenvalue weighted by atomic mass is 9.66. The number of likely N-dealkylation sites (tertiary alicyclic amines) is 1. The Morgan fingerprint density at radius 2 is 1.67 bits per heavy atom. The summed E-state index contributed by atoms with van der Waals surface area (Å²) in [5, 5.41) is 9.28. The summed E-state index contributed by atoms with van der Waals surface area (Å²) in [4.78, 5) is 49.7. The van der Waals surface area contributed by atoms with E-state index in [9.17, 15) is 19.5 Å². The second kappa shape index (κ2) is 13.6. The van der Waals surface area contributed by atoms with Gasteiger partial charge in [-0.1, -0.05) is 55.3 Å². The molecule has 240 valence electrons. The summed E-state index contributed by atoms with van der Waals surface area (Å²) >= 11 is 1.71. The number of hydrogen-bond donors (Lipinski definition) is 1. The molecule has 3 aliphatic rings. The van der Waals surface area contributed by atoms with Gasteiger partial charge in [-0.3, -0.25) is 14.4 Å². The fourth-order valence-corrected chi connectivity index (χ4v) is 10.2. The highest BCUT2D eigenvalue weighted by molar-refractivity contribution is 8.02. The minimum atomic E-state index is -0.706. The number of aliphatic hydroxyl groups is 1. The summed E-state index contributed by atoms with van der Waals surface area (Å²) in [6, 6.07) is 15.0. The summed E-state index contributed by atoms with van der Waals surface area (Å²) in [5.41, 5.74) is 3.64. The molecule has 2 bridgehead atoms. The smallest absolute Gasteiger partial charge is 0.251 e. The maximum Gasteiger partial charge on any atom is 0.251 e. The van der Waals surface area contributed by atoms with E-state index in [4.69, 9.17) is 0 Å². The van der Waals surface area contributed by atoms with Crippen molar-refractivity contribution in [1.82, 2.24) is 4.90 Å². The molecule has 2 aromatic carbocycles. The van der Waals surface area contributed by atoms with Crippen molar-refractivity contribution < 1.29 is 19.5 Å². The van der Waals surface area contributed by atoms with Gasteiger partial charge >= 0.3 is 0 Å². The number of para-hydroxylation sites is 1. The number of benzene rings is 2. The van der Waals surface area contributed by atoms with E-state index in [2.05, 4.69) is 20.1 Å². The molecule has 1 spiro atoms. The quantitative estimate of drug-likeness (QED) is 0.203. The van der Waals surface area contributed by atoms with E-state index in [1.165, 1.54) is 0 Å². The number of unbranched alkanes of at least 4 members (excludes halogenated alkanes) is 3. The van der Waals surface area contributed by atoms with Gasteiger partial charge in [-0.25, -0.2) is 0 Å². The average Bonchev–Trinajstić information content (AvgIpc) is 3.60. The zero-order valence-corrected chi connectivity index (χ0v) is 27.7. The van der Waals surface area contributed by atoms with E-state index >= 15 is 0 Å². The first-order chi connectivity index (χ1) is 21.6. The van der Waals surface area contributed by atoms with Crippen LogP contribution < -0.4 is 9.80 Å². The predicted octanol–water partition coefficient (Wildman–Crippen LogP) is 6.08. The van der Waals surface area contributed by atoms with Crippen LogP contribution in [0.5, 0.6) is 0 Å². The summed E-state index contributed by atoms with van der Waals surface area (Å²) in [5.74, 6) is -1.43. The fourth-order valence-electron chi connectivity index (χ4n) is 7.89. The Balaban J connectivity index is 1.57. The van der Waals surface area contributed by atoms with Gasteiger partial charge < -0.3 is 19.8 Å². The second-order valence-corrected chi connectivity index (χ2v) is 14.9. The highest BCUT2D eigenvalue weighted by atomic mass is 32.2. The van der Waals surface area contributed by atoms with E-state index in [0.717, 1.165) is 48.2 Å². The zero-order chi connectivity index (χ0) is 32.4. The molecule has 8 heteroatoms. The molecule has 0 aromatic heterocycles. The van der Waals surface area contributed by atoms with Gasteiger partial charge in [0, 0.05) is 42.4 Å². The van der Waals surface area contributed by atoms with Crippen molar-refractivity contribution in [2.24, 2.45) is 11.8 Å². The van der Waals surface area contributed by atoms with Crippen LogP contribution in [0.1, 0.15) is 56.6 Å². The molecule has 3 aliphatic heterocycles. The van der Waals surface area contributed by atoms with Crippen LogP contribution in [-0.4, -0.2) is 69.5 Å². The number of thioether (sulfide) groups is 1. The van der Waals surface area contributed by atoms with Gasteiger partial charge in [0.25, 0.3) is 5.91 Å². The van der Waals surface area contributed by atoms with Crippen molar-refractivity contribution in [3.63, 3.8) is 0 Å². The van der Waals surface area contributed by atoms with Gasteiger partial charge in [-0.05, 0) is 75.8 Å². The van der Waals surface area contributed by atoms with E-state index < -0.39 is 27.4 Å². The number of carbonyl (C=O) groups is 3. The molecule has 45 heavy (non-hydrogen) atoms. The highest BCUT2D eigenvalue weighted by Crippen LogP contribution is 2.71. The molecule has 0 aliphatic carbocycles. The lowest BCUT2D eigenvalue weighted by molar-refractivity contribution is -0.139. The average molecular weight is 630 g/mol. The van der Waals surface area contributed by atoms with Crippen LogP contribution in [0.25, 0.3) is 0 Å². The molecule has 5 rings (SSSR count). The summed E-state index contributed by atoms with van der Waals surface area (Å²) in [6.07, 6.45) is 8.08. The highest BCUT2D eigenvalue weighted by Gasteiger charge is 2.77. The maximum absolute atomic E-state index is 15.0. The third-order valence-electron chi connectivity index (χ3n) is 9.96. The van der Waals surface area contributed by atoms with Crippen LogP contribution in [0.15, 0.2) is 73.8 Å². The number of fused-ring (bicyclic) bond motifs is 1. The van der Waals surface area contributed by atoms with Crippen molar-refractivity contribution in [3.8, 4) is 0 Å². The Kier molecular flexibility index (Phi) is 9.94. The van der Waals surface area contributed by atoms with Crippen LogP contribution in [-0.2, 0) is 14.4 Å². The Morgan fingerprint density at radius 1 is 0.978 bits per heavy atom. The first-order valence-corrected chi connectivity index (χ1v) is 17.0. The van der Waals surface area contributed by atoms with E-state index in [1.54, 1.807) is 33.7 Å². The molecule has 0 saturated carbocycles. The van der Waals surface area contributed by atoms with Gasteiger partial charge in [0.15, 0.2) is 0 Å². The standard InChI is InChI=1S/C37H47N3O4S/c1-6-21-38(28-15-11-10-12-16-28)33(42)30-31-34(43)40(23-13-8-9-14-24-41)32(37(31)20-19-36(30,5)45-37)35(44)39(22-7-2)29-25-26(3)17-18-27(29)4/h6-7,10-12,15-18,25,30-32,41H,1-2,8-9,13-14,19-24H2,3-5H3/t30-,31-,32?,36+,37?/m0/s1. The largest absolute Gasteiger partial charge is 0.396 e. The minimum Gasteiger partial charge on any atom is -0.396 e. The normalized spacial score (nSPS) is 26.5. The molecule has 2 aromatic rings. The van der Waals surface area contributed by atoms with Crippen LogP contribution in [0.2, 0.25) is 0 Å². The SMILES string of the molecule is C=CCN(C(=O)[C@@H]1[C@H]2C(=O)N(CCCCCCO)C(C(=O)N(CC=C)c3cc(C)ccc3C)C23CC[C@@]1(C)S3)c1ccccc1. The summed E-state index contributed by atoms with van der Waals surface area (Å²) in [6.45, 7) is 15.3. The van der Waals surface area contributed by atoms with Crippen LogP contribution >= 0.6 is 11.8 Å². The van der Waals surface area contributed by atoms with Gasteiger partial charge in [0.2, 0.25) is 11.8 Å². The van der Waals surface area contributed by atoms with Crippen LogP contribution in [0.4, 0.5) is 11.4 Å². The number of carbonyl (C=O) groups excluding carboxylic acids is 3. The molecule has 1 N–H and O–H groups in total. The topological polar surface area (TPSA) is 81.2 Å². The monoisotopic (exact) mass is 629 g/mol. The van der Waals surface area contributed by atoms with Gasteiger partial charge in [-0.15, -0.1) is 24.9 Å². The van der Waals surface area contributed by atoms with Crippen molar-refractivity contribution in [2.75, 3.05) is 36.0 Å². The van der Waals surface area contributed by atoms with Crippen molar-refractivity contribution >= 4 is 40.9 Å². The van der Waals surface area contributed by atoms with Gasteiger partial charge in [0.1, 0.15) is 6.04 Å². The number of aliphatic hydroxyl groups excluding tert-OH is 1. The number of rotatable bonds is 14. The Bertz CT molecular complexity index is 1450. The summed E-state index contributed by atoms with van der Waals surface area (Å²) < 4.78 is -1.18. The van der Waals surface area contributed by atoms with E-state index in [-0.39, 0.29) is 24.3 Å². The van der Waals surface area contributed by atoms with E-state index in [1.807, 2.05) is 67.3 Å². The first kappa shape index (κ1) is 33.0. The molecule has 3 fully saturated rings.